The van der Waals surface area contributed by atoms with Gasteiger partial charge in [-0.2, -0.15) is 0 Å². The SMILES string of the molecule is CCCCCS(=O)(=O)CC(=O)Nc1nc2ccccc2n1CCN(CC)CC. The number of rotatable bonds is 12. The largest absolute Gasteiger partial charge is 0.309 e. The van der Waals surface area contributed by atoms with E-state index in [-0.39, 0.29) is 5.75 Å². The molecule has 8 heteroatoms. The van der Waals surface area contributed by atoms with Crippen LogP contribution in [0.5, 0.6) is 0 Å². The number of nitrogens with one attached hydrogen (secondary N) is 1. The fraction of sp³-hybridized carbons (Fsp3) is 0.600. The van der Waals surface area contributed by atoms with Crippen LogP contribution < -0.4 is 5.32 Å². The van der Waals surface area contributed by atoms with E-state index in [0.29, 0.717) is 18.9 Å². The Bertz CT molecular complexity index is 873. The van der Waals surface area contributed by atoms with Crippen LogP contribution in [-0.4, -0.2) is 59.9 Å². The number of sulfone groups is 1. The average Bonchev–Trinajstić information content (AvgIpc) is 2.99. The second-order valence-electron chi connectivity index (χ2n) is 6.95. The molecule has 1 heterocycles. The molecule has 1 aromatic heterocycles. The topological polar surface area (TPSA) is 84.3 Å². The van der Waals surface area contributed by atoms with E-state index < -0.39 is 21.5 Å². The number of likely N-dealkylation sites (N-methyl/N-ethyl adjacent to an activating group) is 1. The maximum absolute atomic E-state index is 12.4. The highest BCUT2D eigenvalue weighted by Gasteiger charge is 2.19. The lowest BCUT2D eigenvalue weighted by molar-refractivity contribution is -0.113. The minimum atomic E-state index is -3.41. The first-order valence-corrected chi connectivity index (χ1v) is 11.9. The third-order valence-electron chi connectivity index (χ3n) is 4.85. The van der Waals surface area contributed by atoms with Crippen molar-refractivity contribution in [3.05, 3.63) is 24.3 Å². The van der Waals surface area contributed by atoms with Crippen LogP contribution in [0.15, 0.2) is 24.3 Å². The Morgan fingerprint density at radius 1 is 1.14 bits per heavy atom. The zero-order valence-electron chi connectivity index (χ0n) is 17.1. The summed E-state index contributed by atoms with van der Waals surface area (Å²) in [6.45, 7) is 9.62. The normalized spacial score (nSPS) is 12.0. The smallest absolute Gasteiger partial charge is 0.241 e. The van der Waals surface area contributed by atoms with Gasteiger partial charge in [-0.1, -0.05) is 45.7 Å². The van der Waals surface area contributed by atoms with Crippen LogP contribution in [-0.2, 0) is 21.2 Å². The maximum Gasteiger partial charge on any atom is 0.241 e. The first kappa shape index (κ1) is 22.4. The Hall–Kier alpha value is -1.93. The number of para-hydroxylation sites is 2. The number of amides is 1. The minimum absolute atomic E-state index is 0.0483. The van der Waals surface area contributed by atoms with Crippen LogP contribution in [0.4, 0.5) is 5.95 Å². The molecular weight excluding hydrogens is 376 g/mol. The summed E-state index contributed by atoms with van der Waals surface area (Å²) < 4.78 is 26.3. The molecule has 0 radical (unpaired) electrons. The predicted molar refractivity (Wildman–Crippen MR) is 114 cm³/mol. The molecule has 0 aliphatic heterocycles. The summed E-state index contributed by atoms with van der Waals surface area (Å²) in [5.74, 6) is -0.583. The molecule has 0 spiro atoms. The highest BCUT2D eigenvalue weighted by atomic mass is 32.2. The van der Waals surface area contributed by atoms with Gasteiger partial charge in [0.1, 0.15) is 5.75 Å². The van der Waals surface area contributed by atoms with E-state index in [9.17, 15) is 13.2 Å². The molecule has 0 bridgehead atoms. The lowest BCUT2D eigenvalue weighted by Crippen LogP contribution is -2.29. The number of nitrogens with zero attached hydrogens (tertiary/aromatic N) is 3. The van der Waals surface area contributed by atoms with Gasteiger partial charge in [-0.25, -0.2) is 13.4 Å². The lowest BCUT2D eigenvalue weighted by Gasteiger charge is -2.19. The van der Waals surface area contributed by atoms with Gasteiger partial charge in [0.2, 0.25) is 11.9 Å². The summed E-state index contributed by atoms with van der Waals surface area (Å²) in [7, 11) is -3.41. The Labute approximate surface area is 168 Å². The summed E-state index contributed by atoms with van der Waals surface area (Å²) in [6.07, 6.45) is 2.38. The second-order valence-corrected chi connectivity index (χ2v) is 9.13. The molecule has 0 saturated heterocycles. The Morgan fingerprint density at radius 3 is 2.54 bits per heavy atom. The van der Waals surface area contributed by atoms with Crippen molar-refractivity contribution in [1.29, 1.82) is 0 Å². The van der Waals surface area contributed by atoms with Crippen molar-refractivity contribution >= 4 is 32.7 Å². The molecule has 1 N–H and O–H groups in total. The van der Waals surface area contributed by atoms with Crippen molar-refractivity contribution in [2.24, 2.45) is 0 Å². The van der Waals surface area contributed by atoms with E-state index in [1.165, 1.54) is 0 Å². The van der Waals surface area contributed by atoms with E-state index in [1.807, 2.05) is 35.8 Å². The van der Waals surface area contributed by atoms with Gasteiger partial charge in [0.15, 0.2) is 9.84 Å². The molecule has 0 aliphatic carbocycles. The molecule has 0 saturated carbocycles. The molecule has 7 nitrogen and oxygen atoms in total. The van der Waals surface area contributed by atoms with Gasteiger partial charge in [0, 0.05) is 13.1 Å². The van der Waals surface area contributed by atoms with Crippen LogP contribution in [0.1, 0.15) is 40.0 Å². The third-order valence-corrected chi connectivity index (χ3v) is 6.46. The van der Waals surface area contributed by atoms with E-state index >= 15 is 0 Å². The van der Waals surface area contributed by atoms with Crippen LogP contribution in [0.2, 0.25) is 0 Å². The van der Waals surface area contributed by atoms with Gasteiger partial charge in [0.05, 0.1) is 16.8 Å². The second kappa shape index (κ2) is 10.6. The Morgan fingerprint density at radius 2 is 1.86 bits per heavy atom. The van der Waals surface area contributed by atoms with Crippen molar-refractivity contribution in [3.8, 4) is 0 Å². The van der Waals surface area contributed by atoms with Gasteiger partial charge >= 0.3 is 0 Å². The molecule has 1 amide bonds. The number of aromatic nitrogens is 2. The van der Waals surface area contributed by atoms with Crippen molar-refractivity contribution in [3.63, 3.8) is 0 Å². The Balaban J connectivity index is 2.14. The summed E-state index contributed by atoms with van der Waals surface area (Å²) in [5.41, 5.74) is 1.71. The number of anilines is 1. The van der Waals surface area contributed by atoms with Crippen LogP contribution >= 0.6 is 0 Å². The number of fused-ring (bicyclic) bond motifs is 1. The monoisotopic (exact) mass is 408 g/mol. The molecule has 2 rings (SSSR count). The van der Waals surface area contributed by atoms with Crippen molar-refractivity contribution < 1.29 is 13.2 Å². The first-order chi connectivity index (χ1) is 13.4. The molecule has 0 fully saturated rings. The highest BCUT2D eigenvalue weighted by Crippen LogP contribution is 2.19. The molecule has 1 aromatic carbocycles. The van der Waals surface area contributed by atoms with Crippen molar-refractivity contribution in [1.82, 2.24) is 14.5 Å². The molecule has 0 atom stereocenters. The van der Waals surface area contributed by atoms with E-state index in [0.717, 1.165) is 43.5 Å². The van der Waals surface area contributed by atoms with Gasteiger partial charge in [-0.15, -0.1) is 0 Å². The number of imidazole rings is 1. The third kappa shape index (κ3) is 6.31. The van der Waals surface area contributed by atoms with E-state index in [1.54, 1.807) is 0 Å². The minimum Gasteiger partial charge on any atom is -0.309 e. The van der Waals surface area contributed by atoms with Gasteiger partial charge in [-0.3, -0.25) is 10.1 Å². The van der Waals surface area contributed by atoms with Gasteiger partial charge in [0.25, 0.3) is 0 Å². The number of carbonyl (C=O) groups is 1. The number of benzene rings is 1. The predicted octanol–water partition coefficient (Wildman–Crippen LogP) is 2.92. The molecule has 2 aromatic rings. The Kier molecular flexibility index (Phi) is 8.44. The molecule has 156 valence electrons. The fourth-order valence-corrected chi connectivity index (χ4v) is 4.44. The first-order valence-electron chi connectivity index (χ1n) is 10.1. The van der Waals surface area contributed by atoms with Crippen molar-refractivity contribution in [2.75, 3.05) is 36.5 Å². The number of carbonyl (C=O) groups excluding carboxylic acids is 1. The maximum atomic E-state index is 12.4. The summed E-state index contributed by atoms with van der Waals surface area (Å²) in [5, 5.41) is 2.72. The standard InChI is InChI=1S/C20H32N4O3S/c1-4-7-10-15-28(26,27)16-19(25)22-20-21-17-11-8-9-12-18(17)24(20)14-13-23(5-2)6-3/h8-9,11-12H,4-7,10,13-16H2,1-3H3,(H,21,22,25). The summed E-state index contributed by atoms with van der Waals surface area (Å²) in [6, 6.07) is 7.68. The van der Waals surface area contributed by atoms with Crippen molar-refractivity contribution in [2.45, 2.75) is 46.6 Å². The number of unbranched alkanes of at least 4 members (excludes halogenated alkanes) is 2. The molecule has 0 unspecified atom stereocenters. The van der Waals surface area contributed by atoms with Gasteiger partial charge in [-0.05, 0) is 31.6 Å². The van der Waals surface area contributed by atoms with E-state index in [2.05, 4.69) is 29.0 Å². The number of hydrogen-bond acceptors (Lipinski definition) is 5. The highest BCUT2D eigenvalue weighted by molar-refractivity contribution is 7.92. The van der Waals surface area contributed by atoms with Crippen LogP contribution in [0.3, 0.4) is 0 Å². The quantitative estimate of drug-likeness (QED) is 0.546. The fourth-order valence-electron chi connectivity index (χ4n) is 3.18. The zero-order valence-corrected chi connectivity index (χ0v) is 18.0. The zero-order chi connectivity index (χ0) is 20.6. The van der Waals surface area contributed by atoms with E-state index in [4.69, 9.17) is 0 Å². The molecule has 28 heavy (non-hydrogen) atoms. The summed E-state index contributed by atoms with van der Waals surface area (Å²) >= 11 is 0. The molecular formula is C20H32N4O3S. The van der Waals surface area contributed by atoms with Gasteiger partial charge < -0.3 is 9.47 Å². The molecule has 0 aliphatic rings. The van der Waals surface area contributed by atoms with Crippen LogP contribution in [0, 0.1) is 0 Å². The number of hydrogen-bond donors (Lipinski definition) is 1. The average molecular weight is 409 g/mol. The van der Waals surface area contributed by atoms with Crippen LogP contribution in [0.25, 0.3) is 11.0 Å². The summed E-state index contributed by atoms with van der Waals surface area (Å²) in [4.78, 5) is 19.2. The lowest BCUT2D eigenvalue weighted by atomic mass is 10.3.